The molecular weight excluding hydrogens is 324 g/mol. The van der Waals surface area contributed by atoms with E-state index in [1.807, 2.05) is 30.3 Å². The molecule has 5 nitrogen and oxygen atoms in total. The van der Waals surface area contributed by atoms with Crippen LogP contribution in [0.2, 0.25) is 0 Å². The molecule has 1 heterocycles. The smallest absolute Gasteiger partial charge is 0.228 e. The van der Waals surface area contributed by atoms with E-state index in [1.165, 1.54) is 12.1 Å². The minimum atomic E-state index is -3.30. The summed E-state index contributed by atoms with van der Waals surface area (Å²) in [5.74, 6) is -0.205. The Morgan fingerprint density at radius 1 is 1.08 bits per heavy atom. The summed E-state index contributed by atoms with van der Waals surface area (Å²) in [6, 6.07) is 15.7. The fourth-order valence-corrected chi connectivity index (χ4v) is 3.10. The van der Waals surface area contributed by atoms with E-state index < -0.39 is 9.84 Å². The Labute approximate surface area is 140 Å². The van der Waals surface area contributed by atoms with Crippen molar-refractivity contribution in [3.8, 4) is 0 Å². The van der Waals surface area contributed by atoms with Crippen LogP contribution in [0, 0.1) is 0 Å². The van der Waals surface area contributed by atoms with Gasteiger partial charge in [-0.15, -0.1) is 0 Å². The molecule has 1 N–H and O–H groups in total. The monoisotopic (exact) mass is 340 g/mol. The average Bonchev–Trinajstić information content (AvgIpc) is 2.54. The van der Waals surface area contributed by atoms with E-state index in [4.69, 9.17) is 0 Å². The molecule has 0 spiro atoms. The maximum atomic E-state index is 12.2. The Morgan fingerprint density at radius 3 is 2.71 bits per heavy atom. The molecule has 3 rings (SSSR count). The summed E-state index contributed by atoms with van der Waals surface area (Å²) in [4.78, 5) is 16.6. The number of sulfone groups is 1. The van der Waals surface area contributed by atoms with Crippen molar-refractivity contribution in [2.45, 2.75) is 11.3 Å². The van der Waals surface area contributed by atoms with Crippen molar-refractivity contribution in [1.29, 1.82) is 0 Å². The van der Waals surface area contributed by atoms with Gasteiger partial charge >= 0.3 is 0 Å². The highest BCUT2D eigenvalue weighted by molar-refractivity contribution is 7.90. The largest absolute Gasteiger partial charge is 0.326 e. The molecule has 0 saturated heterocycles. The Kier molecular flexibility index (Phi) is 4.31. The maximum absolute atomic E-state index is 12.2. The van der Waals surface area contributed by atoms with Gasteiger partial charge in [0.1, 0.15) is 0 Å². The van der Waals surface area contributed by atoms with Crippen molar-refractivity contribution in [1.82, 2.24) is 4.98 Å². The second kappa shape index (κ2) is 6.41. The van der Waals surface area contributed by atoms with Crippen LogP contribution in [0.1, 0.15) is 5.56 Å². The second-order valence-electron chi connectivity index (χ2n) is 5.56. The summed E-state index contributed by atoms with van der Waals surface area (Å²) < 4.78 is 23.1. The molecule has 1 aromatic heterocycles. The first kappa shape index (κ1) is 16.1. The third-order valence-electron chi connectivity index (χ3n) is 3.58. The average molecular weight is 340 g/mol. The number of benzene rings is 2. The molecular formula is C18H16N2O3S. The molecule has 1 amide bonds. The predicted octanol–water partition coefficient (Wildman–Crippen LogP) is 2.82. The van der Waals surface area contributed by atoms with E-state index in [1.54, 1.807) is 18.3 Å². The highest BCUT2D eigenvalue weighted by atomic mass is 32.2. The molecule has 0 aliphatic heterocycles. The fraction of sp³-hybridized carbons (Fsp3) is 0.111. The molecule has 0 aliphatic carbocycles. The molecule has 24 heavy (non-hydrogen) atoms. The van der Waals surface area contributed by atoms with Gasteiger partial charge in [0.25, 0.3) is 0 Å². The normalized spacial score (nSPS) is 11.4. The van der Waals surface area contributed by atoms with Crippen LogP contribution in [0.15, 0.2) is 65.7 Å². The first-order chi connectivity index (χ1) is 11.4. The number of nitrogens with one attached hydrogen (secondary N) is 1. The topological polar surface area (TPSA) is 76.1 Å². The standard InChI is InChI=1S/C18H16N2O3S/c1-24(22,23)16-6-2-5-15(12-16)20-18(21)11-13-7-8-17-14(10-13)4-3-9-19-17/h2-10,12H,11H2,1H3,(H,20,21). The summed E-state index contributed by atoms with van der Waals surface area (Å²) in [6.07, 6.45) is 3.06. The van der Waals surface area contributed by atoms with Crippen molar-refractivity contribution >= 4 is 32.3 Å². The predicted molar refractivity (Wildman–Crippen MR) is 93.6 cm³/mol. The third kappa shape index (κ3) is 3.78. The van der Waals surface area contributed by atoms with Crippen LogP contribution < -0.4 is 5.32 Å². The minimum Gasteiger partial charge on any atom is -0.326 e. The Balaban J connectivity index is 1.75. The van der Waals surface area contributed by atoms with Gasteiger partial charge in [-0.1, -0.05) is 18.2 Å². The molecule has 0 bridgehead atoms. The molecule has 0 atom stereocenters. The maximum Gasteiger partial charge on any atom is 0.228 e. The highest BCUT2D eigenvalue weighted by Gasteiger charge is 2.09. The number of hydrogen-bond donors (Lipinski definition) is 1. The zero-order valence-electron chi connectivity index (χ0n) is 13.1. The summed E-state index contributed by atoms with van der Waals surface area (Å²) in [5, 5.41) is 3.71. The molecule has 0 unspecified atom stereocenters. The van der Waals surface area contributed by atoms with Gasteiger partial charge in [-0.2, -0.15) is 0 Å². The quantitative estimate of drug-likeness (QED) is 0.792. The lowest BCUT2D eigenvalue weighted by Gasteiger charge is -2.07. The van der Waals surface area contributed by atoms with E-state index in [2.05, 4.69) is 10.3 Å². The van der Waals surface area contributed by atoms with Gasteiger partial charge in [0.2, 0.25) is 5.91 Å². The van der Waals surface area contributed by atoms with Crippen LogP contribution in [0.25, 0.3) is 10.9 Å². The first-order valence-electron chi connectivity index (χ1n) is 7.35. The third-order valence-corrected chi connectivity index (χ3v) is 4.69. The number of anilines is 1. The van der Waals surface area contributed by atoms with Gasteiger partial charge in [-0.3, -0.25) is 9.78 Å². The van der Waals surface area contributed by atoms with Gasteiger partial charge < -0.3 is 5.32 Å². The molecule has 0 radical (unpaired) electrons. The zero-order valence-corrected chi connectivity index (χ0v) is 13.9. The number of carbonyl (C=O) groups is 1. The summed E-state index contributed by atoms with van der Waals surface area (Å²) in [6.45, 7) is 0. The number of nitrogens with zero attached hydrogens (tertiary/aromatic N) is 1. The van der Waals surface area contributed by atoms with Crippen LogP contribution in [-0.4, -0.2) is 25.6 Å². The van der Waals surface area contributed by atoms with E-state index in [-0.39, 0.29) is 17.2 Å². The number of fused-ring (bicyclic) bond motifs is 1. The SMILES string of the molecule is CS(=O)(=O)c1cccc(NC(=O)Cc2ccc3ncccc3c2)c1. The molecule has 0 fully saturated rings. The second-order valence-corrected chi connectivity index (χ2v) is 7.57. The van der Waals surface area contributed by atoms with Crippen LogP contribution in [-0.2, 0) is 21.1 Å². The van der Waals surface area contributed by atoms with Crippen LogP contribution in [0.4, 0.5) is 5.69 Å². The van der Waals surface area contributed by atoms with Gasteiger partial charge in [-0.25, -0.2) is 8.42 Å². The van der Waals surface area contributed by atoms with Gasteiger partial charge in [0, 0.05) is 23.5 Å². The van der Waals surface area contributed by atoms with Crippen LogP contribution >= 0.6 is 0 Å². The number of aromatic nitrogens is 1. The van der Waals surface area contributed by atoms with Crippen molar-refractivity contribution in [3.63, 3.8) is 0 Å². The molecule has 6 heteroatoms. The first-order valence-corrected chi connectivity index (χ1v) is 9.24. The summed E-state index contributed by atoms with van der Waals surface area (Å²) in [5.41, 5.74) is 2.21. The zero-order chi connectivity index (χ0) is 17.2. The van der Waals surface area contributed by atoms with Crippen molar-refractivity contribution < 1.29 is 13.2 Å². The Hall–Kier alpha value is -2.73. The van der Waals surface area contributed by atoms with Crippen molar-refractivity contribution in [2.24, 2.45) is 0 Å². The van der Waals surface area contributed by atoms with E-state index in [9.17, 15) is 13.2 Å². The lowest BCUT2D eigenvalue weighted by atomic mass is 10.1. The van der Waals surface area contributed by atoms with Crippen LogP contribution in [0.5, 0.6) is 0 Å². The van der Waals surface area contributed by atoms with Gasteiger partial charge in [-0.05, 0) is 42.0 Å². The summed E-state index contributed by atoms with van der Waals surface area (Å²) in [7, 11) is -3.30. The molecule has 2 aromatic carbocycles. The minimum absolute atomic E-state index is 0.178. The number of carbonyl (C=O) groups excluding carboxylic acids is 1. The lowest BCUT2D eigenvalue weighted by Crippen LogP contribution is -2.14. The molecule has 122 valence electrons. The van der Waals surface area contributed by atoms with Crippen LogP contribution in [0.3, 0.4) is 0 Å². The number of rotatable bonds is 4. The highest BCUT2D eigenvalue weighted by Crippen LogP contribution is 2.17. The number of pyridine rings is 1. The molecule has 3 aromatic rings. The Bertz CT molecular complexity index is 1010. The fourth-order valence-electron chi connectivity index (χ4n) is 2.43. The Morgan fingerprint density at radius 2 is 1.92 bits per heavy atom. The molecule has 0 saturated carbocycles. The van der Waals surface area contributed by atoms with E-state index in [0.717, 1.165) is 22.7 Å². The lowest BCUT2D eigenvalue weighted by molar-refractivity contribution is -0.115. The number of hydrogen-bond acceptors (Lipinski definition) is 4. The summed E-state index contributed by atoms with van der Waals surface area (Å²) >= 11 is 0. The van der Waals surface area contributed by atoms with Gasteiger partial charge in [0.15, 0.2) is 9.84 Å². The molecule has 0 aliphatic rings. The van der Waals surface area contributed by atoms with Gasteiger partial charge in [0.05, 0.1) is 16.8 Å². The van der Waals surface area contributed by atoms with E-state index >= 15 is 0 Å². The van der Waals surface area contributed by atoms with Crippen molar-refractivity contribution in [3.05, 3.63) is 66.4 Å². The van der Waals surface area contributed by atoms with E-state index in [0.29, 0.717) is 5.69 Å². The van der Waals surface area contributed by atoms with Crippen molar-refractivity contribution in [2.75, 3.05) is 11.6 Å². The number of amides is 1.